The van der Waals surface area contributed by atoms with Crippen molar-refractivity contribution < 1.29 is 22.7 Å². The number of rotatable bonds is 18. The van der Waals surface area contributed by atoms with E-state index >= 15 is 0 Å². The van der Waals surface area contributed by atoms with E-state index < -0.39 is 28.1 Å². The Labute approximate surface area is 255 Å². The third-order valence-corrected chi connectivity index (χ3v) is 10.00. The summed E-state index contributed by atoms with van der Waals surface area (Å²) < 4.78 is 34.5. The lowest BCUT2D eigenvalue weighted by molar-refractivity contribution is -0.122. The highest BCUT2D eigenvalue weighted by molar-refractivity contribution is 7.89. The van der Waals surface area contributed by atoms with Crippen molar-refractivity contribution in [3.63, 3.8) is 0 Å². The van der Waals surface area contributed by atoms with E-state index in [2.05, 4.69) is 13.8 Å². The molecule has 2 amide bonds. The molecule has 1 fully saturated rings. The fraction of sp³-hybridized carbons (Fsp3) is 0.548. The molecule has 7 nitrogen and oxygen atoms in total. The van der Waals surface area contributed by atoms with Crippen LogP contribution in [0.5, 0.6) is 0 Å². The van der Waals surface area contributed by atoms with Gasteiger partial charge in [-0.3, -0.25) is 4.79 Å². The molecule has 226 valence electrons. The molecular formula is C31H42Cl2N2O5S. The second-order valence-corrected chi connectivity index (χ2v) is 13.2. The minimum absolute atomic E-state index is 0.0116. The number of carbonyl (C=O) groups is 2. The van der Waals surface area contributed by atoms with Crippen molar-refractivity contribution in [2.24, 2.45) is 0 Å². The summed E-state index contributed by atoms with van der Waals surface area (Å²) in [7, 11) is -3.97. The van der Waals surface area contributed by atoms with E-state index in [4.69, 9.17) is 27.9 Å². The number of cyclic esters (lactones) is 1. The van der Waals surface area contributed by atoms with Gasteiger partial charge in [0.15, 0.2) is 0 Å². The number of imide groups is 1. The predicted octanol–water partition coefficient (Wildman–Crippen LogP) is 8.93. The SMILES string of the molecule is CCCCCCCCN(CCCCCCCC)S(=O)(=O)c1cc(Cl)c(N2C(=O)OC(c3ccccc3)C2=O)cc1Cl. The first-order valence-corrected chi connectivity index (χ1v) is 17.0. The van der Waals surface area contributed by atoms with Gasteiger partial charge in [0.1, 0.15) is 4.90 Å². The van der Waals surface area contributed by atoms with Crippen LogP contribution in [0.25, 0.3) is 0 Å². The van der Waals surface area contributed by atoms with Gasteiger partial charge in [0.25, 0.3) is 5.91 Å². The molecule has 1 saturated heterocycles. The van der Waals surface area contributed by atoms with Crippen LogP contribution < -0.4 is 4.90 Å². The van der Waals surface area contributed by atoms with Crippen molar-refractivity contribution in [3.8, 4) is 0 Å². The minimum Gasteiger partial charge on any atom is -0.430 e. The molecule has 1 aliphatic rings. The first-order valence-electron chi connectivity index (χ1n) is 14.8. The predicted molar refractivity (Wildman–Crippen MR) is 165 cm³/mol. The number of halogens is 2. The standard InChI is InChI=1S/C31H42Cl2N2O5S/c1-3-5-7-9-11-16-20-34(21-17-12-10-8-6-4-2)41(38,39)28-23-25(32)27(22-26(28)33)35-30(36)29(40-31(35)37)24-18-14-13-15-19-24/h13-15,18-19,22-23,29H,3-12,16-17,20-21H2,1-2H3. The fourth-order valence-electron chi connectivity index (χ4n) is 4.98. The molecule has 0 N–H and O–H groups in total. The number of carbonyl (C=O) groups excluding carboxylic acids is 2. The molecule has 0 aromatic heterocycles. The summed E-state index contributed by atoms with van der Waals surface area (Å²) in [5, 5.41) is -0.185. The van der Waals surface area contributed by atoms with Crippen LogP contribution in [0.1, 0.15) is 103 Å². The molecule has 1 aliphatic heterocycles. The minimum atomic E-state index is -3.97. The number of ether oxygens (including phenoxy) is 1. The van der Waals surface area contributed by atoms with Crippen LogP contribution in [0.15, 0.2) is 47.4 Å². The summed E-state index contributed by atoms with van der Waals surface area (Å²) in [6.07, 6.45) is 10.5. The quantitative estimate of drug-likeness (QED) is 0.155. The van der Waals surface area contributed by atoms with Gasteiger partial charge in [-0.15, -0.1) is 0 Å². The summed E-state index contributed by atoms with van der Waals surface area (Å²) >= 11 is 13.1. The molecule has 2 aromatic carbocycles. The average Bonchev–Trinajstić information content (AvgIpc) is 3.25. The largest absolute Gasteiger partial charge is 0.430 e. The number of unbranched alkanes of at least 4 members (excludes halogenated alkanes) is 10. The molecule has 3 rings (SSSR count). The van der Waals surface area contributed by atoms with Crippen LogP contribution in [-0.4, -0.2) is 37.8 Å². The maximum absolute atomic E-state index is 13.8. The Morgan fingerprint density at radius 1 is 0.780 bits per heavy atom. The Morgan fingerprint density at radius 2 is 1.32 bits per heavy atom. The van der Waals surface area contributed by atoms with Crippen molar-refractivity contribution in [3.05, 3.63) is 58.1 Å². The smallest absolute Gasteiger partial charge is 0.422 e. The first kappa shape index (κ1) is 33.4. The first-order chi connectivity index (χ1) is 19.7. The molecule has 2 aromatic rings. The monoisotopic (exact) mass is 624 g/mol. The number of benzene rings is 2. The Hall–Kier alpha value is -2.13. The second-order valence-electron chi connectivity index (χ2n) is 10.5. The lowest BCUT2D eigenvalue weighted by Crippen LogP contribution is -2.33. The Balaban J connectivity index is 1.80. The highest BCUT2D eigenvalue weighted by atomic mass is 35.5. The topological polar surface area (TPSA) is 84.0 Å². The second kappa shape index (κ2) is 16.5. The fourth-order valence-corrected chi connectivity index (χ4v) is 7.33. The number of anilines is 1. The van der Waals surface area contributed by atoms with E-state index in [1.165, 1.54) is 29.3 Å². The van der Waals surface area contributed by atoms with Crippen LogP contribution in [0.3, 0.4) is 0 Å². The molecule has 0 aliphatic carbocycles. The van der Waals surface area contributed by atoms with Gasteiger partial charge in [0.05, 0.1) is 15.7 Å². The van der Waals surface area contributed by atoms with Crippen LogP contribution in [0.2, 0.25) is 10.0 Å². The van der Waals surface area contributed by atoms with Gasteiger partial charge in [0, 0.05) is 18.7 Å². The number of nitrogens with zero attached hydrogens (tertiary/aromatic N) is 2. The maximum atomic E-state index is 13.8. The van der Waals surface area contributed by atoms with Gasteiger partial charge in [-0.1, -0.05) is 132 Å². The Bertz CT molecular complexity index is 1240. The van der Waals surface area contributed by atoms with Gasteiger partial charge in [-0.25, -0.2) is 18.1 Å². The van der Waals surface area contributed by atoms with E-state index in [0.717, 1.165) is 69.1 Å². The molecule has 10 heteroatoms. The van der Waals surface area contributed by atoms with Crippen LogP contribution in [0, 0.1) is 0 Å². The summed E-state index contributed by atoms with van der Waals surface area (Å²) in [5.74, 6) is -0.623. The van der Waals surface area contributed by atoms with Crippen molar-refractivity contribution >= 4 is 50.9 Å². The third-order valence-electron chi connectivity index (χ3n) is 7.33. The van der Waals surface area contributed by atoms with E-state index in [-0.39, 0.29) is 20.6 Å². The Morgan fingerprint density at radius 3 is 1.88 bits per heavy atom. The van der Waals surface area contributed by atoms with Crippen LogP contribution in [-0.2, 0) is 19.6 Å². The van der Waals surface area contributed by atoms with Crippen molar-refractivity contribution in [1.82, 2.24) is 4.31 Å². The molecule has 1 unspecified atom stereocenters. The van der Waals surface area contributed by atoms with Crippen molar-refractivity contribution in [2.45, 2.75) is 102 Å². The van der Waals surface area contributed by atoms with Crippen LogP contribution >= 0.6 is 23.2 Å². The zero-order chi connectivity index (χ0) is 29.8. The highest BCUT2D eigenvalue weighted by Crippen LogP contribution is 2.40. The van der Waals surface area contributed by atoms with E-state index in [1.807, 2.05) is 0 Å². The molecule has 0 spiro atoms. The van der Waals surface area contributed by atoms with E-state index in [0.29, 0.717) is 18.7 Å². The summed E-state index contributed by atoms with van der Waals surface area (Å²) in [4.78, 5) is 26.5. The van der Waals surface area contributed by atoms with E-state index in [9.17, 15) is 18.0 Å². The summed E-state index contributed by atoms with van der Waals surface area (Å²) in [6, 6.07) is 11.1. The molecule has 1 atom stereocenters. The lowest BCUT2D eigenvalue weighted by atomic mass is 10.1. The van der Waals surface area contributed by atoms with Gasteiger partial charge in [-0.2, -0.15) is 4.31 Å². The maximum Gasteiger partial charge on any atom is 0.422 e. The van der Waals surface area contributed by atoms with Gasteiger partial charge >= 0.3 is 6.09 Å². The number of sulfonamides is 1. The molecular weight excluding hydrogens is 583 g/mol. The van der Waals surface area contributed by atoms with Gasteiger partial charge in [-0.05, 0) is 25.0 Å². The molecule has 41 heavy (non-hydrogen) atoms. The van der Waals surface area contributed by atoms with Crippen molar-refractivity contribution in [1.29, 1.82) is 0 Å². The number of amides is 2. The average molecular weight is 626 g/mol. The molecule has 0 radical (unpaired) electrons. The third kappa shape index (κ3) is 8.93. The molecule has 1 heterocycles. The molecule has 0 bridgehead atoms. The normalized spacial score (nSPS) is 15.6. The number of hydrogen-bond donors (Lipinski definition) is 0. The zero-order valence-corrected chi connectivity index (χ0v) is 26.4. The van der Waals surface area contributed by atoms with Crippen molar-refractivity contribution in [2.75, 3.05) is 18.0 Å². The van der Waals surface area contributed by atoms with Gasteiger partial charge in [0.2, 0.25) is 16.1 Å². The zero-order valence-electron chi connectivity index (χ0n) is 24.1. The highest BCUT2D eigenvalue weighted by Gasteiger charge is 2.44. The van der Waals surface area contributed by atoms with Crippen LogP contribution in [0.4, 0.5) is 10.5 Å². The lowest BCUT2D eigenvalue weighted by Gasteiger charge is -2.24. The van der Waals surface area contributed by atoms with E-state index in [1.54, 1.807) is 30.3 Å². The Kier molecular flexibility index (Phi) is 13.4. The van der Waals surface area contributed by atoms with Gasteiger partial charge < -0.3 is 4.74 Å². The summed E-state index contributed by atoms with van der Waals surface area (Å²) in [5.41, 5.74) is 0.511. The molecule has 0 saturated carbocycles. The summed E-state index contributed by atoms with van der Waals surface area (Å²) in [6.45, 7) is 5.13. The number of hydrogen-bond acceptors (Lipinski definition) is 5.